The van der Waals surface area contributed by atoms with E-state index < -0.39 is 4.92 Å². The van der Waals surface area contributed by atoms with Crippen LogP contribution in [-0.4, -0.2) is 24.9 Å². The van der Waals surface area contributed by atoms with Gasteiger partial charge < -0.3 is 14.8 Å². The van der Waals surface area contributed by atoms with Crippen molar-refractivity contribution in [3.63, 3.8) is 0 Å². The molecule has 0 spiro atoms. The third-order valence-electron chi connectivity index (χ3n) is 3.23. The minimum absolute atomic E-state index is 0.00549. The Morgan fingerprint density at radius 1 is 1.08 bits per heavy atom. The first-order chi connectivity index (χ1) is 11.5. The summed E-state index contributed by atoms with van der Waals surface area (Å²) in [7, 11) is 3.02. The Hall–Kier alpha value is -3.35. The van der Waals surface area contributed by atoms with Crippen LogP contribution < -0.4 is 14.8 Å². The highest BCUT2D eigenvalue weighted by Crippen LogP contribution is 2.27. The van der Waals surface area contributed by atoms with E-state index in [0.717, 1.165) is 0 Å². The first-order valence-corrected chi connectivity index (χ1v) is 6.99. The molecule has 0 aromatic heterocycles. The van der Waals surface area contributed by atoms with Crippen LogP contribution in [-0.2, 0) is 0 Å². The number of non-ortho nitro benzene ring substituents is 1. The quantitative estimate of drug-likeness (QED) is 0.362. The predicted molar refractivity (Wildman–Crippen MR) is 89.7 cm³/mol. The van der Waals surface area contributed by atoms with Gasteiger partial charge in [0, 0.05) is 35.7 Å². The maximum atomic E-state index is 12.1. The number of ketones is 1. The highest BCUT2D eigenvalue weighted by molar-refractivity contribution is 6.05. The van der Waals surface area contributed by atoms with E-state index >= 15 is 0 Å². The van der Waals surface area contributed by atoms with Gasteiger partial charge in [-0.05, 0) is 30.3 Å². The van der Waals surface area contributed by atoms with Gasteiger partial charge in [0.25, 0.3) is 5.69 Å². The summed E-state index contributed by atoms with van der Waals surface area (Å²) in [5, 5.41) is 13.5. The number of ether oxygens (including phenoxy) is 2. The highest BCUT2D eigenvalue weighted by atomic mass is 16.6. The third-order valence-corrected chi connectivity index (χ3v) is 3.23. The molecule has 7 heteroatoms. The lowest BCUT2D eigenvalue weighted by atomic mass is 10.1. The molecule has 0 bridgehead atoms. The van der Waals surface area contributed by atoms with Crippen molar-refractivity contribution in [1.82, 2.24) is 0 Å². The van der Waals surface area contributed by atoms with Crippen LogP contribution in [0.5, 0.6) is 11.5 Å². The zero-order valence-corrected chi connectivity index (χ0v) is 13.2. The van der Waals surface area contributed by atoms with Crippen LogP contribution in [0, 0.1) is 10.1 Å². The molecule has 0 fully saturated rings. The molecule has 1 N–H and O–H groups in total. The number of nitro groups is 1. The summed E-state index contributed by atoms with van der Waals surface area (Å²) in [5.41, 5.74) is 1.09. The summed E-state index contributed by atoms with van der Waals surface area (Å²) in [6.07, 6.45) is 2.84. The molecular weight excluding hydrogens is 312 g/mol. The van der Waals surface area contributed by atoms with Crippen LogP contribution in [0.15, 0.2) is 54.7 Å². The maximum Gasteiger partial charge on any atom is 0.269 e. The topological polar surface area (TPSA) is 90.7 Å². The molecule has 0 saturated heterocycles. The van der Waals surface area contributed by atoms with Gasteiger partial charge in [-0.1, -0.05) is 0 Å². The van der Waals surface area contributed by atoms with E-state index in [9.17, 15) is 14.9 Å². The van der Waals surface area contributed by atoms with E-state index in [1.807, 2.05) is 0 Å². The largest absolute Gasteiger partial charge is 0.493 e. The molecule has 2 aromatic rings. The standard InChI is InChI=1S/C17H16N2O5/c1-23-16-8-3-12(11-17(16)24-2)15(20)9-10-18-13-4-6-14(7-5-13)19(21)22/h3-11,18H,1-2H3/b10-9+. The van der Waals surface area contributed by atoms with Crippen LogP contribution in [0.25, 0.3) is 0 Å². The van der Waals surface area contributed by atoms with Crippen molar-refractivity contribution in [2.45, 2.75) is 0 Å². The molecule has 0 radical (unpaired) electrons. The smallest absolute Gasteiger partial charge is 0.269 e. The molecule has 2 rings (SSSR count). The number of rotatable bonds is 7. The Morgan fingerprint density at radius 2 is 1.75 bits per heavy atom. The van der Waals surface area contributed by atoms with Gasteiger partial charge in [-0.2, -0.15) is 0 Å². The van der Waals surface area contributed by atoms with E-state index in [4.69, 9.17) is 9.47 Å². The van der Waals surface area contributed by atoms with Crippen molar-refractivity contribution in [2.75, 3.05) is 19.5 Å². The fraction of sp³-hybridized carbons (Fsp3) is 0.118. The van der Waals surface area contributed by atoms with Crippen molar-refractivity contribution >= 4 is 17.2 Å². The summed E-state index contributed by atoms with van der Waals surface area (Å²) in [4.78, 5) is 22.2. The average Bonchev–Trinajstić information content (AvgIpc) is 2.61. The molecule has 0 saturated carbocycles. The van der Waals surface area contributed by atoms with Crippen LogP contribution in [0.2, 0.25) is 0 Å². The number of hydrogen-bond acceptors (Lipinski definition) is 6. The van der Waals surface area contributed by atoms with Crippen LogP contribution in [0.3, 0.4) is 0 Å². The summed E-state index contributed by atoms with van der Waals surface area (Å²) in [6.45, 7) is 0. The molecule has 7 nitrogen and oxygen atoms in total. The Labute approximate surface area is 138 Å². The molecule has 24 heavy (non-hydrogen) atoms. The molecule has 0 heterocycles. The summed E-state index contributed by atoms with van der Waals surface area (Å²) >= 11 is 0. The van der Waals surface area contributed by atoms with Gasteiger partial charge in [0.2, 0.25) is 0 Å². The van der Waals surface area contributed by atoms with Crippen molar-refractivity contribution in [3.8, 4) is 11.5 Å². The lowest BCUT2D eigenvalue weighted by molar-refractivity contribution is -0.384. The van der Waals surface area contributed by atoms with Gasteiger partial charge in [0.05, 0.1) is 19.1 Å². The second-order valence-corrected chi connectivity index (χ2v) is 4.72. The summed E-state index contributed by atoms with van der Waals surface area (Å²) < 4.78 is 10.3. The van der Waals surface area contributed by atoms with Crippen molar-refractivity contribution in [2.24, 2.45) is 0 Å². The Kier molecular flexibility index (Phi) is 5.51. The lowest BCUT2D eigenvalue weighted by Crippen LogP contribution is -1.98. The second kappa shape index (κ2) is 7.77. The Morgan fingerprint density at radius 3 is 2.33 bits per heavy atom. The first-order valence-electron chi connectivity index (χ1n) is 6.99. The number of methoxy groups -OCH3 is 2. The van der Waals surface area contributed by atoms with Crippen LogP contribution >= 0.6 is 0 Å². The SMILES string of the molecule is COc1ccc(C(=O)/C=C/Nc2ccc([N+](=O)[O-])cc2)cc1OC. The molecule has 2 aromatic carbocycles. The number of carbonyl (C=O) groups excluding carboxylic acids is 1. The molecule has 0 amide bonds. The van der Waals surface area contributed by atoms with Gasteiger partial charge in [0.15, 0.2) is 17.3 Å². The Balaban J connectivity index is 2.03. The summed E-state index contributed by atoms with van der Waals surface area (Å²) in [5.74, 6) is 0.799. The number of nitrogens with zero attached hydrogens (tertiary/aromatic N) is 1. The number of hydrogen-bond donors (Lipinski definition) is 1. The highest BCUT2D eigenvalue weighted by Gasteiger charge is 2.08. The van der Waals surface area contributed by atoms with E-state index in [0.29, 0.717) is 22.7 Å². The van der Waals surface area contributed by atoms with E-state index in [-0.39, 0.29) is 11.5 Å². The third kappa shape index (κ3) is 4.10. The van der Waals surface area contributed by atoms with Gasteiger partial charge in [-0.15, -0.1) is 0 Å². The molecule has 0 atom stereocenters. The van der Waals surface area contributed by atoms with Crippen molar-refractivity contribution in [3.05, 3.63) is 70.4 Å². The van der Waals surface area contributed by atoms with Gasteiger partial charge in [0.1, 0.15) is 0 Å². The predicted octanol–water partition coefficient (Wildman–Crippen LogP) is 3.42. The number of nitro benzene ring substituents is 1. The normalized spacial score (nSPS) is 10.4. The Bertz CT molecular complexity index is 769. The number of carbonyl (C=O) groups is 1. The molecule has 0 aliphatic heterocycles. The molecule has 0 aliphatic rings. The van der Waals surface area contributed by atoms with Crippen LogP contribution in [0.4, 0.5) is 11.4 Å². The molecule has 0 aliphatic carbocycles. The minimum Gasteiger partial charge on any atom is -0.493 e. The number of allylic oxidation sites excluding steroid dienone is 1. The number of anilines is 1. The number of nitrogens with one attached hydrogen (secondary N) is 1. The minimum atomic E-state index is -0.472. The molecule has 0 unspecified atom stereocenters. The first kappa shape index (κ1) is 17.0. The fourth-order valence-electron chi connectivity index (χ4n) is 1.98. The number of benzene rings is 2. The lowest BCUT2D eigenvalue weighted by Gasteiger charge is -2.08. The van der Waals surface area contributed by atoms with Crippen molar-refractivity contribution in [1.29, 1.82) is 0 Å². The monoisotopic (exact) mass is 328 g/mol. The van der Waals surface area contributed by atoms with Gasteiger partial charge in [-0.25, -0.2) is 0 Å². The second-order valence-electron chi connectivity index (χ2n) is 4.72. The molecule has 124 valence electrons. The molecular formula is C17H16N2O5. The van der Waals surface area contributed by atoms with Crippen molar-refractivity contribution < 1.29 is 19.2 Å². The van der Waals surface area contributed by atoms with Gasteiger partial charge >= 0.3 is 0 Å². The average molecular weight is 328 g/mol. The van der Waals surface area contributed by atoms with E-state index in [1.54, 1.807) is 30.3 Å². The fourth-order valence-corrected chi connectivity index (χ4v) is 1.98. The maximum absolute atomic E-state index is 12.1. The summed E-state index contributed by atoms with van der Waals surface area (Å²) in [6, 6.07) is 10.8. The van der Waals surface area contributed by atoms with Crippen LogP contribution in [0.1, 0.15) is 10.4 Å². The van der Waals surface area contributed by atoms with Gasteiger partial charge in [-0.3, -0.25) is 14.9 Å². The van der Waals surface area contributed by atoms with E-state index in [1.165, 1.54) is 38.6 Å². The zero-order chi connectivity index (χ0) is 17.5. The zero-order valence-electron chi connectivity index (χ0n) is 13.2. The van der Waals surface area contributed by atoms with E-state index in [2.05, 4.69) is 5.32 Å².